The van der Waals surface area contributed by atoms with E-state index < -0.39 is 11.2 Å². The van der Waals surface area contributed by atoms with Gasteiger partial charge in [-0.3, -0.25) is 0 Å². The van der Waals surface area contributed by atoms with Crippen molar-refractivity contribution in [2.45, 2.75) is 129 Å². The molecule has 2 N–H and O–H groups in total. The van der Waals surface area contributed by atoms with Crippen LogP contribution in [0.3, 0.4) is 0 Å². The Hall–Kier alpha value is -1.22. The van der Waals surface area contributed by atoms with Gasteiger partial charge in [-0.15, -0.1) is 0 Å². The number of ether oxygens (including phenoxy) is 4. The molecule has 2 fully saturated rings. The molecule has 2 aliphatic rings. The van der Waals surface area contributed by atoms with E-state index >= 15 is 0 Å². The molecule has 0 aromatic rings. The van der Waals surface area contributed by atoms with Gasteiger partial charge in [0, 0.05) is 0 Å². The fourth-order valence-corrected chi connectivity index (χ4v) is 3.66. The fraction of sp³-hybridized carbons (Fsp3) is 0.917. The number of aliphatic hydroxyl groups is 2. The van der Waals surface area contributed by atoms with Crippen LogP contribution in [0, 0.1) is 0 Å². The highest BCUT2D eigenvalue weighted by molar-refractivity contribution is 5.71. The van der Waals surface area contributed by atoms with Gasteiger partial charge in [0.05, 0.1) is 24.4 Å². The fourth-order valence-electron chi connectivity index (χ4n) is 3.66. The molecule has 188 valence electrons. The third-order valence-corrected chi connectivity index (χ3v) is 4.91. The normalized spacial score (nSPS) is 26.5. The van der Waals surface area contributed by atoms with E-state index in [-0.39, 0.29) is 49.6 Å². The van der Waals surface area contributed by atoms with Crippen molar-refractivity contribution in [3.8, 4) is 0 Å². The lowest BCUT2D eigenvalue weighted by molar-refractivity contribution is -0.164. The molecule has 8 heteroatoms. The lowest BCUT2D eigenvalue weighted by Gasteiger charge is -2.26. The van der Waals surface area contributed by atoms with Gasteiger partial charge in [-0.05, 0) is 92.9 Å². The maximum absolute atomic E-state index is 11.4. The Balaban J connectivity index is 0.000000320. The lowest BCUT2D eigenvalue weighted by atomic mass is 9.95. The zero-order valence-electron chi connectivity index (χ0n) is 20.7. The van der Waals surface area contributed by atoms with E-state index in [0.29, 0.717) is 12.8 Å². The SMILES string of the molecule is CC(C)(C)OC(=O)CO[C@@H]1CCC[C@H](O)C1.CC(C)(C)OC(=O)CO[C@H]1CCC[C@@H](O)C1. The van der Waals surface area contributed by atoms with Crippen LogP contribution in [0.1, 0.15) is 92.9 Å². The summed E-state index contributed by atoms with van der Waals surface area (Å²) >= 11 is 0. The van der Waals surface area contributed by atoms with Gasteiger partial charge in [0.25, 0.3) is 0 Å². The molecule has 8 nitrogen and oxygen atoms in total. The summed E-state index contributed by atoms with van der Waals surface area (Å²) in [5.41, 5.74) is -0.932. The summed E-state index contributed by atoms with van der Waals surface area (Å²) in [6.45, 7) is 10.9. The molecule has 32 heavy (non-hydrogen) atoms. The molecule has 0 heterocycles. The average molecular weight is 461 g/mol. The van der Waals surface area contributed by atoms with Gasteiger partial charge in [-0.25, -0.2) is 9.59 Å². The van der Waals surface area contributed by atoms with Gasteiger partial charge < -0.3 is 29.2 Å². The van der Waals surface area contributed by atoms with E-state index in [1.807, 2.05) is 41.5 Å². The summed E-state index contributed by atoms with van der Waals surface area (Å²) in [6.07, 6.45) is 6.12. The second kappa shape index (κ2) is 13.5. The monoisotopic (exact) mass is 460 g/mol. The Morgan fingerprint density at radius 3 is 1.31 bits per heavy atom. The minimum Gasteiger partial charge on any atom is -0.458 e. The molecule has 0 unspecified atom stereocenters. The molecule has 0 bridgehead atoms. The number of hydrogen-bond donors (Lipinski definition) is 2. The Morgan fingerprint density at radius 2 is 1.03 bits per heavy atom. The molecule has 0 spiro atoms. The molecule has 0 radical (unpaired) electrons. The first-order valence-corrected chi connectivity index (χ1v) is 11.8. The summed E-state index contributed by atoms with van der Waals surface area (Å²) in [5.74, 6) is -0.680. The number of carbonyl (C=O) groups excluding carboxylic acids is 2. The highest BCUT2D eigenvalue weighted by atomic mass is 16.6. The van der Waals surface area contributed by atoms with Crippen LogP contribution in [0.15, 0.2) is 0 Å². The van der Waals surface area contributed by atoms with Crippen molar-refractivity contribution in [2.75, 3.05) is 13.2 Å². The van der Waals surface area contributed by atoms with Crippen LogP contribution in [0.2, 0.25) is 0 Å². The van der Waals surface area contributed by atoms with Crippen molar-refractivity contribution in [3.63, 3.8) is 0 Å². The standard InChI is InChI=1S/2C12H22O4/c2*1-12(2,3)16-11(14)8-15-10-6-4-5-9(13)7-10/h2*9-10,13H,4-8H2,1-3H3/t2*9-,10+/m10/s1. The van der Waals surface area contributed by atoms with Crippen LogP contribution in [0.4, 0.5) is 0 Å². The first-order valence-electron chi connectivity index (χ1n) is 11.8. The largest absolute Gasteiger partial charge is 0.458 e. The zero-order valence-corrected chi connectivity index (χ0v) is 20.7. The lowest BCUT2D eigenvalue weighted by Crippen LogP contribution is -2.31. The zero-order chi connectivity index (χ0) is 24.4. The summed E-state index contributed by atoms with van der Waals surface area (Å²) < 4.78 is 21.1. The molecule has 2 aliphatic carbocycles. The molecule has 0 aliphatic heterocycles. The van der Waals surface area contributed by atoms with Gasteiger partial charge in [-0.2, -0.15) is 0 Å². The van der Waals surface area contributed by atoms with Crippen molar-refractivity contribution in [1.29, 1.82) is 0 Å². The van der Waals surface area contributed by atoms with Gasteiger partial charge >= 0.3 is 11.9 Å². The number of aliphatic hydroxyl groups excluding tert-OH is 2. The summed E-state index contributed by atoms with van der Waals surface area (Å²) in [7, 11) is 0. The van der Waals surface area contributed by atoms with Crippen LogP contribution < -0.4 is 0 Å². The molecular formula is C24H44O8. The number of rotatable bonds is 6. The minimum atomic E-state index is -0.466. The molecule has 0 aromatic carbocycles. The maximum Gasteiger partial charge on any atom is 0.332 e. The number of esters is 2. The average Bonchev–Trinajstić information content (AvgIpc) is 2.63. The first-order chi connectivity index (χ1) is 14.7. The summed E-state index contributed by atoms with van der Waals surface area (Å²) in [4.78, 5) is 22.7. The highest BCUT2D eigenvalue weighted by Gasteiger charge is 2.24. The Morgan fingerprint density at radius 1 is 0.688 bits per heavy atom. The van der Waals surface area contributed by atoms with E-state index in [0.717, 1.165) is 38.5 Å². The van der Waals surface area contributed by atoms with Crippen molar-refractivity contribution < 1.29 is 38.7 Å². The molecular weight excluding hydrogens is 416 g/mol. The van der Waals surface area contributed by atoms with E-state index in [4.69, 9.17) is 18.9 Å². The van der Waals surface area contributed by atoms with E-state index in [2.05, 4.69) is 0 Å². The Bertz CT molecular complexity index is 513. The van der Waals surface area contributed by atoms with Crippen molar-refractivity contribution in [3.05, 3.63) is 0 Å². The van der Waals surface area contributed by atoms with Crippen molar-refractivity contribution in [2.24, 2.45) is 0 Å². The van der Waals surface area contributed by atoms with Gasteiger partial charge in [0.15, 0.2) is 0 Å². The smallest absolute Gasteiger partial charge is 0.332 e. The minimum absolute atomic E-state index is 0.00346. The van der Waals surface area contributed by atoms with E-state index in [1.54, 1.807) is 0 Å². The van der Waals surface area contributed by atoms with Gasteiger partial charge in [0.1, 0.15) is 24.4 Å². The van der Waals surface area contributed by atoms with Crippen LogP contribution in [0.5, 0.6) is 0 Å². The Kier molecular flexibility index (Phi) is 12.1. The topological polar surface area (TPSA) is 112 Å². The summed E-state index contributed by atoms with van der Waals surface area (Å²) in [6, 6.07) is 0. The van der Waals surface area contributed by atoms with Gasteiger partial charge in [0.2, 0.25) is 0 Å². The van der Waals surface area contributed by atoms with Crippen LogP contribution in [-0.4, -0.2) is 71.0 Å². The highest BCUT2D eigenvalue weighted by Crippen LogP contribution is 2.22. The molecule has 4 atom stereocenters. The Labute approximate surface area is 192 Å². The van der Waals surface area contributed by atoms with Crippen molar-refractivity contribution in [1.82, 2.24) is 0 Å². The maximum atomic E-state index is 11.4. The summed E-state index contributed by atoms with van der Waals surface area (Å²) in [5, 5.41) is 18.9. The van der Waals surface area contributed by atoms with Crippen molar-refractivity contribution >= 4 is 11.9 Å². The number of carbonyl (C=O) groups is 2. The molecule has 0 amide bonds. The quantitative estimate of drug-likeness (QED) is 0.581. The third-order valence-electron chi connectivity index (χ3n) is 4.91. The predicted octanol–water partition coefficient (Wildman–Crippen LogP) is 3.30. The van der Waals surface area contributed by atoms with Gasteiger partial charge in [-0.1, -0.05) is 0 Å². The van der Waals surface area contributed by atoms with Crippen LogP contribution in [0.25, 0.3) is 0 Å². The number of hydrogen-bond acceptors (Lipinski definition) is 8. The molecule has 0 aromatic heterocycles. The van der Waals surface area contributed by atoms with E-state index in [1.165, 1.54) is 0 Å². The second-order valence-corrected chi connectivity index (χ2v) is 10.7. The third kappa shape index (κ3) is 14.8. The van der Waals surface area contributed by atoms with Crippen LogP contribution >= 0.6 is 0 Å². The first kappa shape index (κ1) is 28.8. The van der Waals surface area contributed by atoms with Crippen LogP contribution in [-0.2, 0) is 28.5 Å². The second-order valence-electron chi connectivity index (χ2n) is 10.7. The predicted molar refractivity (Wildman–Crippen MR) is 120 cm³/mol. The molecule has 2 rings (SSSR count). The van der Waals surface area contributed by atoms with E-state index in [9.17, 15) is 19.8 Å². The molecule has 0 saturated heterocycles. The molecule has 2 saturated carbocycles.